The van der Waals surface area contributed by atoms with E-state index in [-0.39, 0.29) is 0 Å². The Morgan fingerprint density at radius 1 is 1.29 bits per heavy atom. The Kier molecular flexibility index (Phi) is 8.22. The number of aliphatic carboxylic acids is 1. The van der Waals surface area contributed by atoms with Gasteiger partial charge >= 0.3 is 5.97 Å². The van der Waals surface area contributed by atoms with Crippen LogP contribution in [0.3, 0.4) is 0 Å². The Morgan fingerprint density at radius 3 is 2.52 bits per heavy atom. The van der Waals surface area contributed by atoms with Crippen molar-refractivity contribution in [1.29, 1.82) is 0 Å². The zero-order valence-electron chi connectivity index (χ0n) is 14.0. The van der Waals surface area contributed by atoms with Gasteiger partial charge in [0, 0.05) is 13.1 Å². The van der Waals surface area contributed by atoms with Crippen LogP contribution in [0.2, 0.25) is 0 Å². The average molecular weight is 299 g/mol. The summed E-state index contributed by atoms with van der Waals surface area (Å²) in [5.74, 6) is -0.744. The van der Waals surface area contributed by atoms with E-state index in [9.17, 15) is 9.90 Å². The second kappa shape index (κ2) is 9.38. The lowest BCUT2D eigenvalue weighted by molar-refractivity contribution is -0.144. The van der Waals surface area contributed by atoms with Crippen molar-refractivity contribution in [2.75, 3.05) is 46.3 Å². The molecule has 0 aliphatic carbocycles. The van der Waals surface area contributed by atoms with E-state index in [4.69, 9.17) is 0 Å². The molecular weight excluding hydrogens is 266 g/mol. The summed E-state index contributed by atoms with van der Waals surface area (Å²) >= 11 is 0. The maximum atomic E-state index is 11.3. The molecule has 21 heavy (non-hydrogen) atoms. The first kappa shape index (κ1) is 18.4. The summed E-state index contributed by atoms with van der Waals surface area (Å²) in [7, 11) is 2.16. The lowest BCUT2D eigenvalue weighted by Crippen LogP contribution is -2.49. The molecule has 1 saturated heterocycles. The van der Waals surface area contributed by atoms with Crippen molar-refractivity contribution in [3.05, 3.63) is 0 Å². The molecule has 5 nitrogen and oxygen atoms in total. The molecule has 1 unspecified atom stereocenters. The number of likely N-dealkylation sites (tertiary alicyclic amines) is 1. The molecule has 1 rings (SSSR count). The highest BCUT2D eigenvalue weighted by Gasteiger charge is 2.30. The van der Waals surface area contributed by atoms with Gasteiger partial charge in [-0.05, 0) is 72.3 Å². The third-order valence-electron chi connectivity index (χ3n) is 4.50. The standard InChI is InChI=1S/C16H33N3O2/c1-4-17-16(2,15(20)21)9-5-6-10-18(3)13-14-19-11-7-8-12-19/h17H,4-14H2,1-3H3,(H,20,21). The Morgan fingerprint density at radius 2 is 1.95 bits per heavy atom. The van der Waals surface area contributed by atoms with Gasteiger partial charge in [-0.2, -0.15) is 0 Å². The highest BCUT2D eigenvalue weighted by Crippen LogP contribution is 2.14. The third kappa shape index (κ3) is 6.76. The van der Waals surface area contributed by atoms with Crippen LogP contribution in [-0.2, 0) is 4.79 Å². The Hall–Kier alpha value is -0.650. The monoisotopic (exact) mass is 299 g/mol. The summed E-state index contributed by atoms with van der Waals surface area (Å²) in [6.45, 7) is 10.3. The van der Waals surface area contributed by atoms with Gasteiger partial charge in [0.25, 0.3) is 0 Å². The molecule has 0 bridgehead atoms. The maximum absolute atomic E-state index is 11.3. The van der Waals surface area contributed by atoms with E-state index >= 15 is 0 Å². The van der Waals surface area contributed by atoms with Crippen LogP contribution in [-0.4, -0.2) is 72.7 Å². The van der Waals surface area contributed by atoms with Gasteiger partial charge in [-0.15, -0.1) is 0 Å². The number of unbranched alkanes of at least 4 members (excludes halogenated alkanes) is 1. The smallest absolute Gasteiger partial charge is 0.323 e. The summed E-state index contributed by atoms with van der Waals surface area (Å²) in [6, 6.07) is 0. The number of hydrogen-bond donors (Lipinski definition) is 2. The fraction of sp³-hybridized carbons (Fsp3) is 0.938. The Labute approximate surface area is 129 Å². The van der Waals surface area contributed by atoms with Gasteiger partial charge in [0.1, 0.15) is 5.54 Å². The van der Waals surface area contributed by atoms with Gasteiger partial charge < -0.3 is 20.2 Å². The van der Waals surface area contributed by atoms with Crippen molar-refractivity contribution in [3.63, 3.8) is 0 Å². The molecule has 0 spiro atoms. The molecule has 0 aromatic heterocycles. The minimum absolute atomic E-state index is 0.691. The van der Waals surface area contributed by atoms with Crippen LogP contribution in [0.5, 0.6) is 0 Å². The number of nitrogens with one attached hydrogen (secondary N) is 1. The van der Waals surface area contributed by atoms with Crippen LogP contribution in [0.25, 0.3) is 0 Å². The lowest BCUT2D eigenvalue weighted by Gasteiger charge is -2.26. The fourth-order valence-electron chi connectivity index (χ4n) is 2.95. The van der Waals surface area contributed by atoms with E-state index in [0.717, 1.165) is 25.9 Å². The fourth-order valence-corrected chi connectivity index (χ4v) is 2.95. The first-order chi connectivity index (χ1) is 9.98. The summed E-state index contributed by atoms with van der Waals surface area (Å²) in [6.07, 6.45) is 5.40. The van der Waals surface area contributed by atoms with E-state index in [1.165, 1.54) is 32.5 Å². The number of hydrogen-bond acceptors (Lipinski definition) is 4. The number of carboxylic acid groups (broad SMARTS) is 1. The molecule has 0 aromatic rings. The zero-order valence-corrected chi connectivity index (χ0v) is 14.0. The van der Waals surface area contributed by atoms with Crippen LogP contribution in [0, 0.1) is 0 Å². The number of likely N-dealkylation sites (N-methyl/N-ethyl adjacent to an activating group) is 2. The third-order valence-corrected chi connectivity index (χ3v) is 4.50. The van der Waals surface area contributed by atoms with Crippen LogP contribution in [0.4, 0.5) is 0 Å². The van der Waals surface area contributed by atoms with Gasteiger partial charge in [-0.25, -0.2) is 0 Å². The summed E-state index contributed by atoms with van der Waals surface area (Å²) in [4.78, 5) is 16.2. The van der Waals surface area contributed by atoms with Gasteiger partial charge in [0.2, 0.25) is 0 Å². The first-order valence-corrected chi connectivity index (χ1v) is 8.37. The van der Waals surface area contributed by atoms with Crippen LogP contribution >= 0.6 is 0 Å². The van der Waals surface area contributed by atoms with Gasteiger partial charge in [0.05, 0.1) is 0 Å². The predicted molar refractivity (Wildman–Crippen MR) is 86.7 cm³/mol. The SMILES string of the molecule is CCNC(C)(CCCCN(C)CCN1CCCC1)C(=O)O. The topological polar surface area (TPSA) is 55.8 Å². The molecule has 0 aromatic carbocycles. The van der Waals surface area contributed by atoms with Crippen LogP contribution in [0.15, 0.2) is 0 Å². The first-order valence-electron chi connectivity index (χ1n) is 8.37. The predicted octanol–water partition coefficient (Wildman–Crippen LogP) is 1.64. The average Bonchev–Trinajstić information content (AvgIpc) is 2.95. The van der Waals surface area contributed by atoms with Crippen molar-refractivity contribution in [3.8, 4) is 0 Å². The highest BCUT2D eigenvalue weighted by molar-refractivity contribution is 5.78. The van der Waals surface area contributed by atoms with E-state index in [2.05, 4.69) is 22.2 Å². The molecule has 1 aliphatic heterocycles. The largest absolute Gasteiger partial charge is 0.480 e. The van der Waals surface area contributed by atoms with Gasteiger partial charge in [-0.1, -0.05) is 6.92 Å². The summed E-state index contributed by atoms with van der Waals surface area (Å²) < 4.78 is 0. The molecule has 5 heteroatoms. The van der Waals surface area contributed by atoms with Gasteiger partial charge in [-0.3, -0.25) is 4.79 Å². The maximum Gasteiger partial charge on any atom is 0.323 e. The molecule has 0 amide bonds. The summed E-state index contributed by atoms with van der Waals surface area (Å²) in [5.41, 5.74) is -0.775. The van der Waals surface area contributed by atoms with Crippen molar-refractivity contribution in [2.45, 2.75) is 51.5 Å². The second-order valence-corrected chi connectivity index (χ2v) is 6.48. The van der Waals surface area contributed by atoms with E-state index in [0.29, 0.717) is 13.0 Å². The van der Waals surface area contributed by atoms with E-state index in [1.54, 1.807) is 6.92 Å². The van der Waals surface area contributed by atoms with Crippen molar-refractivity contribution < 1.29 is 9.90 Å². The Balaban J connectivity index is 2.12. The van der Waals surface area contributed by atoms with Crippen molar-refractivity contribution in [1.82, 2.24) is 15.1 Å². The van der Waals surface area contributed by atoms with Crippen LogP contribution < -0.4 is 5.32 Å². The molecule has 2 N–H and O–H groups in total. The normalized spacial score (nSPS) is 19.0. The number of carboxylic acids is 1. The van der Waals surface area contributed by atoms with Crippen molar-refractivity contribution >= 4 is 5.97 Å². The summed E-state index contributed by atoms with van der Waals surface area (Å²) in [5, 5.41) is 12.4. The number of rotatable bonds is 11. The molecule has 124 valence electrons. The molecule has 1 aliphatic rings. The quantitative estimate of drug-likeness (QED) is 0.568. The zero-order chi connectivity index (χ0) is 15.7. The minimum atomic E-state index is -0.775. The molecule has 1 atom stereocenters. The highest BCUT2D eigenvalue weighted by atomic mass is 16.4. The van der Waals surface area contributed by atoms with Gasteiger partial charge in [0.15, 0.2) is 0 Å². The van der Waals surface area contributed by atoms with Crippen LogP contribution in [0.1, 0.15) is 46.0 Å². The number of carbonyl (C=O) groups is 1. The number of nitrogens with zero attached hydrogens (tertiary/aromatic N) is 2. The Bertz CT molecular complexity index is 306. The molecule has 1 fully saturated rings. The van der Waals surface area contributed by atoms with Crippen molar-refractivity contribution in [2.24, 2.45) is 0 Å². The molecule has 0 saturated carbocycles. The van der Waals surface area contributed by atoms with E-state index in [1.807, 2.05) is 6.92 Å². The molecular formula is C16H33N3O2. The second-order valence-electron chi connectivity index (χ2n) is 6.48. The van der Waals surface area contributed by atoms with E-state index < -0.39 is 11.5 Å². The molecule has 0 radical (unpaired) electrons. The molecule has 1 heterocycles. The lowest BCUT2D eigenvalue weighted by atomic mass is 9.95. The minimum Gasteiger partial charge on any atom is -0.480 e.